The summed E-state index contributed by atoms with van der Waals surface area (Å²) in [6.07, 6.45) is 0. The van der Waals surface area contributed by atoms with Crippen molar-refractivity contribution in [3.63, 3.8) is 0 Å². The zero-order chi connectivity index (χ0) is 15.1. The quantitative estimate of drug-likeness (QED) is 0.866. The zero-order valence-electron chi connectivity index (χ0n) is 12.6. The molecule has 0 aliphatic rings. The zero-order valence-corrected chi connectivity index (χ0v) is 12.6. The molecule has 0 spiro atoms. The Bertz CT molecular complexity index is 650. The van der Waals surface area contributed by atoms with E-state index in [-0.39, 0.29) is 0 Å². The maximum absolute atomic E-state index is 5.87. The Balaban J connectivity index is 2.04. The summed E-state index contributed by atoms with van der Waals surface area (Å²) in [7, 11) is 0. The van der Waals surface area contributed by atoms with E-state index in [0.717, 1.165) is 16.9 Å². The smallest absolute Gasteiger partial charge is 0.120 e. The number of ether oxygens (including phenoxy) is 1. The average molecular weight is 279 g/mol. The standard InChI is InChI=1S/C19H21NO/c1-15(2)18-9-4-10-19(13-18)21-14-17-7-3-6-16(12-17)8-5-11-20/h3-4,6-7,9-10,12-13,15H,11,14,20H2,1-2H3. The molecule has 0 heterocycles. The van der Waals surface area contributed by atoms with Crippen LogP contribution in [0.3, 0.4) is 0 Å². The van der Waals surface area contributed by atoms with Gasteiger partial charge in [-0.2, -0.15) is 0 Å². The second-order valence-electron chi connectivity index (χ2n) is 5.22. The van der Waals surface area contributed by atoms with Crippen LogP contribution in [0.15, 0.2) is 48.5 Å². The molecule has 0 fully saturated rings. The summed E-state index contributed by atoms with van der Waals surface area (Å²) < 4.78 is 5.87. The molecule has 0 bridgehead atoms. The molecule has 2 N–H and O–H groups in total. The third-order valence-electron chi connectivity index (χ3n) is 3.19. The first-order chi connectivity index (χ1) is 10.2. The van der Waals surface area contributed by atoms with Gasteiger partial charge in [-0.25, -0.2) is 0 Å². The lowest BCUT2D eigenvalue weighted by atomic mass is 10.0. The Morgan fingerprint density at radius 3 is 2.67 bits per heavy atom. The van der Waals surface area contributed by atoms with Gasteiger partial charge in [0.1, 0.15) is 12.4 Å². The SMILES string of the molecule is CC(C)c1cccc(OCc2cccc(C#CCN)c2)c1. The van der Waals surface area contributed by atoms with Crippen LogP contribution < -0.4 is 10.5 Å². The Morgan fingerprint density at radius 1 is 1.10 bits per heavy atom. The molecule has 0 aromatic heterocycles. The van der Waals surface area contributed by atoms with Crippen molar-refractivity contribution in [1.29, 1.82) is 0 Å². The molecule has 0 saturated carbocycles. The van der Waals surface area contributed by atoms with Gasteiger partial charge in [0.15, 0.2) is 0 Å². The molecule has 2 aromatic rings. The first-order valence-electron chi connectivity index (χ1n) is 7.19. The molecule has 21 heavy (non-hydrogen) atoms. The maximum atomic E-state index is 5.87. The van der Waals surface area contributed by atoms with Crippen LogP contribution >= 0.6 is 0 Å². The largest absolute Gasteiger partial charge is 0.489 e. The van der Waals surface area contributed by atoms with E-state index >= 15 is 0 Å². The van der Waals surface area contributed by atoms with Crippen LogP contribution in [-0.2, 0) is 6.61 Å². The summed E-state index contributed by atoms with van der Waals surface area (Å²) in [5, 5.41) is 0. The predicted octanol–water partition coefficient (Wildman–Crippen LogP) is 3.70. The van der Waals surface area contributed by atoms with E-state index in [1.54, 1.807) is 0 Å². The van der Waals surface area contributed by atoms with Crippen molar-refractivity contribution in [2.45, 2.75) is 26.4 Å². The summed E-state index contributed by atoms with van der Waals surface area (Å²) in [5.41, 5.74) is 8.75. The highest BCUT2D eigenvalue weighted by atomic mass is 16.5. The van der Waals surface area contributed by atoms with Crippen LogP contribution in [0.4, 0.5) is 0 Å². The summed E-state index contributed by atoms with van der Waals surface area (Å²) in [6, 6.07) is 16.3. The molecule has 2 nitrogen and oxygen atoms in total. The number of rotatable bonds is 4. The molecule has 0 aliphatic carbocycles. The minimum absolute atomic E-state index is 0.378. The van der Waals surface area contributed by atoms with Gasteiger partial charge in [0.25, 0.3) is 0 Å². The van der Waals surface area contributed by atoms with Gasteiger partial charge in [0.2, 0.25) is 0 Å². The Labute approximate surface area is 126 Å². The fourth-order valence-electron chi connectivity index (χ4n) is 2.02. The van der Waals surface area contributed by atoms with Crippen molar-refractivity contribution in [2.75, 3.05) is 6.54 Å². The van der Waals surface area contributed by atoms with E-state index < -0.39 is 0 Å². The van der Waals surface area contributed by atoms with Crippen LogP contribution in [0.2, 0.25) is 0 Å². The van der Waals surface area contributed by atoms with Crippen LogP contribution in [0.1, 0.15) is 36.5 Å². The van der Waals surface area contributed by atoms with Gasteiger partial charge >= 0.3 is 0 Å². The van der Waals surface area contributed by atoms with Crippen molar-refractivity contribution < 1.29 is 4.74 Å². The second kappa shape index (κ2) is 7.52. The molecule has 0 saturated heterocycles. The molecular weight excluding hydrogens is 258 g/mol. The number of benzene rings is 2. The third-order valence-corrected chi connectivity index (χ3v) is 3.19. The van der Waals surface area contributed by atoms with Gasteiger partial charge in [-0.3, -0.25) is 0 Å². The Kier molecular flexibility index (Phi) is 5.43. The van der Waals surface area contributed by atoms with Crippen molar-refractivity contribution in [1.82, 2.24) is 0 Å². The van der Waals surface area contributed by atoms with E-state index in [9.17, 15) is 0 Å². The highest BCUT2D eigenvalue weighted by Gasteiger charge is 2.02. The number of hydrogen-bond donors (Lipinski definition) is 1. The third kappa shape index (κ3) is 4.66. The normalized spacial score (nSPS) is 10.1. The first kappa shape index (κ1) is 15.2. The molecule has 2 aromatic carbocycles. The lowest BCUT2D eigenvalue weighted by Crippen LogP contribution is -1.97. The van der Waals surface area contributed by atoms with Crippen LogP contribution in [0.5, 0.6) is 5.75 Å². The van der Waals surface area contributed by atoms with E-state index in [4.69, 9.17) is 10.5 Å². The summed E-state index contributed by atoms with van der Waals surface area (Å²) in [6.45, 7) is 5.28. The topological polar surface area (TPSA) is 35.2 Å². The lowest BCUT2D eigenvalue weighted by molar-refractivity contribution is 0.306. The molecule has 108 valence electrons. The Hall–Kier alpha value is -2.24. The van der Waals surface area contributed by atoms with Crippen LogP contribution in [0, 0.1) is 11.8 Å². The fraction of sp³-hybridized carbons (Fsp3) is 0.263. The average Bonchev–Trinajstić information content (AvgIpc) is 2.51. The minimum atomic E-state index is 0.378. The monoisotopic (exact) mass is 279 g/mol. The first-order valence-corrected chi connectivity index (χ1v) is 7.19. The lowest BCUT2D eigenvalue weighted by Gasteiger charge is -2.10. The molecule has 0 amide bonds. The van der Waals surface area contributed by atoms with E-state index in [0.29, 0.717) is 19.1 Å². The van der Waals surface area contributed by atoms with Crippen LogP contribution in [-0.4, -0.2) is 6.54 Å². The van der Waals surface area contributed by atoms with Crippen LogP contribution in [0.25, 0.3) is 0 Å². The van der Waals surface area contributed by atoms with Gasteiger partial charge in [-0.1, -0.05) is 50.0 Å². The Morgan fingerprint density at radius 2 is 1.90 bits per heavy atom. The van der Waals surface area contributed by atoms with Gasteiger partial charge in [-0.05, 0) is 41.3 Å². The van der Waals surface area contributed by atoms with Crippen molar-refractivity contribution >= 4 is 0 Å². The van der Waals surface area contributed by atoms with E-state index in [1.807, 2.05) is 36.4 Å². The van der Waals surface area contributed by atoms with Crippen molar-refractivity contribution in [2.24, 2.45) is 5.73 Å². The van der Waals surface area contributed by atoms with Gasteiger partial charge in [-0.15, -0.1) is 0 Å². The predicted molar refractivity (Wildman–Crippen MR) is 87.2 cm³/mol. The minimum Gasteiger partial charge on any atom is -0.489 e. The summed E-state index contributed by atoms with van der Waals surface area (Å²) in [4.78, 5) is 0. The van der Waals surface area contributed by atoms with E-state index in [2.05, 4.69) is 37.8 Å². The van der Waals surface area contributed by atoms with E-state index in [1.165, 1.54) is 5.56 Å². The van der Waals surface area contributed by atoms with Crippen molar-refractivity contribution in [3.8, 4) is 17.6 Å². The molecule has 0 radical (unpaired) electrons. The molecule has 0 atom stereocenters. The second-order valence-corrected chi connectivity index (χ2v) is 5.22. The molecule has 2 heteroatoms. The molecule has 0 unspecified atom stereocenters. The molecular formula is C19H21NO. The van der Waals surface area contributed by atoms with Crippen molar-refractivity contribution in [3.05, 3.63) is 65.2 Å². The fourth-order valence-corrected chi connectivity index (χ4v) is 2.02. The summed E-state index contributed by atoms with van der Waals surface area (Å²) in [5.74, 6) is 7.30. The molecule has 2 rings (SSSR count). The highest BCUT2D eigenvalue weighted by Crippen LogP contribution is 2.21. The number of hydrogen-bond acceptors (Lipinski definition) is 2. The maximum Gasteiger partial charge on any atom is 0.120 e. The molecule has 0 aliphatic heterocycles. The van der Waals surface area contributed by atoms with Gasteiger partial charge < -0.3 is 10.5 Å². The summed E-state index contributed by atoms with van der Waals surface area (Å²) >= 11 is 0. The van der Waals surface area contributed by atoms with Gasteiger partial charge in [0.05, 0.1) is 6.54 Å². The highest BCUT2D eigenvalue weighted by molar-refractivity contribution is 5.37. The number of nitrogens with two attached hydrogens (primary N) is 1. The van der Waals surface area contributed by atoms with Gasteiger partial charge in [0, 0.05) is 5.56 Å².